The molecule has 0 heterocycles. The summed E-state index contributed by atoms with van der Waals surface area (Å²) in [6.07, 6.45) is -4.58. The van der Waals surface area contributed by atoms with Gasteiger partial charge in [-0.1, -0.05) is 42.5 Å². The minimum Gasteiger partial charge on any atom is -0.335 e. The van der Waals surface area contributed by atoms with E-state index >= 15 is 0 Å². The number of hydrogen-bond donors (Lipinski definition) is 1. The maximum absolute atomic E-state index is 13.0. The second kappa shape index (κ2) is 9.56. The Morgan fingerprint density at radius 3 is 2.21 bits per heavy atom. The van der Waals surface area contributed by atoms with Crippen molar-refractivity contribution >= 4 is 17.5 Å². The van der Waals surface area contributed by atoms with E-state index in [1.807, 2.05) is 35.2 Å². The summed E-state index contributed by atoms with van der Waals surface area (Å²) >= 11 is 0. The highest BCUT2D eigenvalue weighted by Gasteiger charge is 2.33. The normalized spacial score (nSPS) is 12.5. The van der Waals surface area contributed by atoms with E-state index in [9.17, 15) is 22.8 Å². The van der Waals surface area contributed by atoms with E-state index in [4.69, 9.17) is 0 Å². The molecule has 0 fully saturated rings. The van der Waals surface area contributed by atoms with Crippen molar-refractivity contribution in [1.82, 2.24) is 9.80 Å². The average Bonchev–Trinajstić information content (AvgIpc) is 2.67. The molecule has 2 amide bonds. The maximum Gasteiger partial charge on any atom is 0.418 e. The third-order valence-electron chi connectivity index (χ3n) is 4.56. The lowest BCUT2D eigenvalue weighted by Gasteiger charge is -2.28. The molecule has 0 aliphatic heterocycles. The summed E-state index contributed by atoms with van der Waals surface area (Å²) in [6.45, 7) is 1.92. The van der Waals surface area contributed by atoms with E-state index in [1.54, 1.807) is 14.0 Å². The maximum atomic E-state index is 13.0. The van der Waals surface area contributed by atoms with Gasteiger partial charge in [-0.2, -0.15) is 13.2 Å². The van der Waals surface area contributed by atoms with Gasteiger partial charge in [-0.15, -0.1) is 0 Å². The van der Waals surface area contributed by atoms with Gasteiger partial charge in [-0.25, -0.2) is 0 Å². The standard InChI is InChI=1S/C21H24F3N3O2/c1-15(26(2)13-16-9-5-4-6-10-16)20(29)27(3)14-19(28)25-18-12-8-7-11-17(18)21(22,23)24/h4-12,15H,13-14H2,1-3H3,(H,25,28). The van der Waals surface area contributed by atoms with Crippen LogP contribution in [0, 0.1) is 0 Å². The molecule has 0 saturated carbocycles. The summed E-state index contributed by atoms with van der Waals surface area (Å²) in [5.74, 6) is -1.00. The fourth-order valence-corrected chi connectivity index (χ4v) is 2.84. The molecule has 0 saturated heterocycles. The lowest BCUT2D eigenvalue weighted by atomic mass is 10.1. The van der Waals surface area contributed by atoms with Crippen LogP contribution < -0.4 is 5.32 Å². The molecule has 5 nitrogen and oxygen atoms in total. The number of carbonyl (C=O) groups is 2. The number of hydrogen-bond acceptors (Lipinski definition) is 3. The number of amides is 2. The molecule has 2 aromatic rings. The van der Waals surface area contributed by atoms with Gasteiger partial charge < -0.3 is 10.2 Å². The van der Waals surface area contributed by atoms with E-state index in [1.165, 1.54) is 30.1 Å². The molecule has 2 aromatic carbocycles. The molecule has 8 heteroatoms. The van der Waals surface area contributed by atoms with Gasteiger partial charge in [-0.3, -0.25) is 14.5 Å². The molecule has 0 spiro atoms. The van der Waals surface area contributed by atoms with E-state index in [-0.39, 0.29) is 18.1 Å². The lowest BCUT2D eigenvalue weighted by Crippen LogP contribution is -2.46. The van der Waals surface area contributed by atoms with Crippen molar-refractivity contribution in [3.8, 4) is 0 Å². The molecule has 1 unspecified atom stereocenters. The van der Waals surface area contributed by atoms with Crippen LogP contribution in [-0.4, -0.2) is 48.3 Å². The molecular formula is C21H24F3N3O2. The van der Waals surface area contributed by atoms with Crippen molar-refractivity contribution in [2.45, 2.75) is 25.7 Å². The van der Waals surface area contributed by atoms with Crippen LogP contribution in [0.2, 0.25) is 0 Å². The van der Waals surface area contributed by atoms with Gasteiger partial charge in [0.2, 0.25) is 11.8 Å². The second-order valence-electron chi connectivity index (χ2n) is 6.86. The molecule has 0 aliphatic carbocycles. The highest BCUT2D eigenvalue weighted by atomic mass is 19.4. The van der Waals surface area contributed by atoms with Crippen LogP contribution in [0.25, 0.3) is 0 Å². The molecule has 1 N–H and O–H groups in total. The third kappa shape index (κ3) is 6.32. The monoisotopic (exact) mass is 407 g/mol. The number of likely N-dealkylation sites (N-methyl/N-ethyl adjacent to an activating group) is 2. The number of carbonyl (C=O) groups excluding carboxylic acids is 2. The van der Waals surface area contributed by atoms with Crippen molar-refractivity contribution in [1.29, 1.82) is 0 Å². The summed E-state index contributed by atoms with van der Waals surface area (Å²) in [7, 11) is 3.24. The van der Waals surface area contributed by atoms with Gasteiger partial charge in [0.25, 0.3) is 0 Å². The van der Waals surface area contributed by atoms with Gasteiger partial charge in [0.05, 0.1) is 23.8 Å². The summed E-state index contributed by atoms with van der Waals surface area (Å²) in [6, 6.07) is 13.8. The van der Waals surface area contributed by atoms with Crippen molar-refractivity contribution in [3.63, 3.8) is 0 Å². The molecule has 1 atom stereocenters. The zero-order chi connectivity index (χ0) is 21.6. The number of halogens is 3. The Kier molecular flexibility index (Phi) is 7.39. The van der Waals surface area contributed by atoms with Crippen LogP contribution in [0.3, 0.4) is 0 Å². The topological polar surface area (TPSA) is 52.7 Å². The van der Waals surface area contributed by atoms with Gasteiger partial charge in [-0.05, 0) is 31.7 Å². The van der Waals surface area contributed by atoms with E-state index in [2.05, 4.69) is 5.32 Å². The molecule has 0 aromatic heterocycles. The first kappa shape index (κ1) is 22.4. The highest BCUT2D eigenvalue weighted by Crippen LogP contribution is 2.34. The zero-order valence-electron chi connectivity index (χ0n) is 16.5. The van der Waals surface area contributed by atoms with Gasteiger partial charge in [0.1, 0.15) is 0 Å². The van der Waals surface area contributed by atoms with Crippen molar-refractivity contribution in [2.75, 3.05) is 26.0 Å². The molecule has 2 rings (SSSR count). The Morgan fingerprint density at radius 1 is 1.00 bits per heavy atom. The summed E-state index contributed by atoms with van der Waals surface area (Å²) in [5, 5.41) is 2.24. The first-order chi connectivity index (χ1) is 13.6. The number of alkyl halides is 3. The minimum absolute atomic E-state index is 0.303. The predicted molar refractivity (Wildman–Crippen MR) is 105 cm³/mol. The summed E-state index contributed by atoms with van der Waals surface area (Å²) in [5.41, 5.74) is -0.225. The Labute approximate surface area is 168 Å². The number of anilines is 1. The Morgan fingerprint density at radius 2 is 1.59 bits per heavy atom. The van der Waals surface area contributed by atoms with Crippen molar-refractivity contribution < 1.29 is 22.8 Å². The van der Waals surface area contributed by atoms with Gasteiger partial charge >= 0.3 is 6.18 Å². The Hall–Kier alpha value is -2.87. The first-order valence-electron chi connectivity index (χ1n) is 9.05. The quantitative estimate of drug-likeness (QED) is 0.763. The lowest BCUT2D eigenvalue weighted by molar-refractivity contribution is -0.138. The molecular weight excluding hydrogens is 383 g/mol. The molecule has 0 bridgehead atoms. The van der Waals surface area contributed by atoms with Crippen LogP contribution >= 0.6 is 0 Å². The molecule has 29 heavy (non-hydrogen) atoms. The van der Waals surface area contributed by atoms with Gasteiger partial charge in [0.15, 0.2) is 0 Å². The van der Waals surface area contributed by atoms with Gasteiger partial charge in [0, 0.05) is 13.6 Å². The van der Waals surface area contributed by atoms with E-state index in [0.29, 0.717) is 6.54 Å². The fourth-order valence-electron chi connectivity index (χ4n) is 2.84. The van der Waals surface area contributed by atoms with Crippen molar-refractivity contribution in [3.05, 3.63) is 65.7 Å². The highest BCUT2D eigenvalue weighted by molar-refractivity contribution is 5.95. The number of para-hydroxylation sites is 1. The van der Waals surface area contributed by atoms with Crippen LogP contribution in [0.4, 0.5) is 18.9 Å². The smallest absolute Gasteiger partial charge is 0.335 e. The minimum atomic E-state index is -4.58. The zero-order valence-corrected chi connectivity index (χ0v) is 16.5. The summed E-state index contributed by atoms with van der Waals surface area (Å²) in [4.78, 5) is 27.9. The third-order valence-corrected chi connectivity index (χ3v) is 4.56. The Balaban J connectivity index is 1.96. The van der Waals surface area contributed by atoms with E-state index in [0.717, 1.165) is 11.6 Å². The largest absolute Gasteiger partial charge is 0.418 e. The number of nitrogens with zero attached hydrogens (tertiary/aromatic N) is 2. The number of benzene rings is 2. The predicted octanol–water partition coefficient (Wildman–Crippen LogP) is 3.62. The number of nitrogens with one attached hydrogen (secondary N) is 1. The fraction of sp³-hybridized carbons (Fsp3) is 0.333. The average molecular weight is 407 g/mol. The second-order valence-corrected chi connectivity index (χ2v) is 6.86. The van der Waals surface area contributed by atoms with Crippen LogP contribution in [0.5, 0.6) is 0 Å². The molecule has 0 radical (unpaired) electrons. The molecule has 156 valence electrons. The summed E-state index contributed by atoms with van der Waals surface area (Å²) < 4.78 is 39.1. The first-order valence-corrected chi connectivity index (χ1v) is 9.05. The van der Waals surface area contributed by atoms with Crippen LogP contribution in [0.1, 0.15) is 18.1 Å². The van der Waals surface area contributed by atoms with E-state index < -0.39 is 23.7 Å². The SMILES string of the molecule is CC(C(=O)N(C)CC(=O)Nc1ccccc1C(F)(F)F)N(C)Cc1ccccc1. The van der Waals surface area contributed by atoms with Crippen molar-refractivity contribution in [2.24, 2.45) is 0 Å². The number of rotatable bonds is 7. The molecule has 0 aliphatic rings. The Bertz CT molecular complexity index is 841. The van der Waals surface area contributed by atoms with Crippen LogP contribution in [-0.2, 0) is 22.3 Å². The van der Waals surface area contributed by atoms with Crippen LogP contribution in [0.15, 0.2) is 54.6 Å².